The minimum Gasteiger partial charge on any atom is -0.497 e. The average Bonchev–Trinajstić information content (AvgIpc) is 2.90. The predicted octanol–water partition coefficient (Wildman–Crippen LogP) is 2.96. The second kappa shape index (κ2) is 4.74. The molecule has 0 aliphatic heterocycles. The van der Waals surface area contributed by atoms with Crippen LogP contribution >= 0.6 is 0 Å². The monoisotopic (exact) mass is 254 g/mol. The highest BCUT2D eigenvalue weighted by Gasteiger charge is 2.08. The SMILES string of the molecule is COc1ccc2oc(-c3cc(CN)ccn3)cc2c1. The van der Waals surface area contributed by atoms with Gasteiger partial charge in [0.25, 0.3) is 0 Å². The van der Waals surface area contributed by atoms with Crippen LogP contribution in [0.2, 0.25) is 0 Å². The van der Waals surface area contributed by atoms with Crippen LogP contribution in [0.5, 0.6) is 5.75 Å². The molecule has 4 heteroatoms. The van der Waals surface area contributed by atoms with Crippen LogP contribution in [-0.4, -0.2) is 12.1 Å². The van der Waals surface area contributed by atoms with Gasteiger partial charge < -0.3 is 14.9 Å². The Hall–Kier alpha value is -2.33. The number of nitrogens with two attached hydrogens (primary N) is 1. The molecule has 0 aliphatic carbocycles. The molecule has 0 amide bonds. The second-order valence-electron chi connectivity index (χ2n) is 4.27. The van der Waals surface area contributed by atoms with Crippen molar-refractivity contribution >= 4 is 11.0 Å². The van der Waals surface area contributed by atoms with Gasteiger partial charge in [0.1, 0.15) is 17.0 Å². The van der Waals surface area contributed by atoms with Gasteiger partial charge in [0.15, 0.2) is 5.76 Å². The van der Waals surface area contributed by atoms with Crippen molar-refractivity contribution in [3.05, 3.63) is 48.2 Å². The Labute approximate surface area is 110 Å². The van der Waals surface area contributed by atoms with Crippen LogP contribution in [0, 0.1) is 0 Å². The van der Waals surface area contributed by atoms with E-state index in [1.807, 2.05) is 36.4 Å². The topological polar surface area (TPSA) is 61.3 Å². The molecule has 0 fully saturated rings. The third-order valence-corrected chi connectivity index (χ3v) is 3.04. The van der Waals surface area contributed by atoms with Gasteiger partial charge in [-0.15, -0.1) is 0 Å². The van der Waals surface area contributed by atoms with Crippen molar-refractivity contribution < 1.29 is 9.15 Å². The van der Waals surface area contributed by atoms with E-state index in [0.717, 1.165) is 33.7 Å². The molecule has 96 valence electrons. The molecule has 0 radical (unpaired) electrons. The summed E-state index contributed by atoms with van der Waals surface area (Å²) >= 11 is 0. The molecule has 4 nitrogen and oxygen atoms in total. The molecule has 0 unspecified atom stereocenters. The van der Waals surface area contributed by atoms with Crippen LogP contribution < -0.4 is 10.5 Å². The fraction of sp³-hybridized carbons (Fsp3) is 0.133. The first-order valence-corrected chi connectivity index (χ1v) is 6.03. The maximum atomic E-state index is 5.79. The van der Waals surface area contributed by atoms with Gasteiger partial charge in [-0.3, -0.25) is 4.98 Å². The van der Waals surface area contributed by atoms with Crippen molar-refractivity contribution in [3.63, 3.8) is 0 Å². The van der Waals surface area contributed by atoms with Gasteiger partial charge in [0.2, 0.25) is 0 Å². The second-order valence-corrected chi connectivity index (χ2v) is 4.27. The van der Waals surface area contributed by atoms with Gasteiger partial charge in [-0.05, 0) is 42.0 Å². The highest BCUT2D eigenvalue weighted by atomic mass is 16.5. The molecular formula is C15H14N2O2. The number of aromatic nitrogens is 1. The zero-order valence-electron chi connectivity index (χ0n) is 10.6. The van der Waals surface area contributed by atoms with Crippen LogP contribution in [0.4, 0.5) is 0 Å². The molecule has 0 spiro atoms. The molecule has 3 aromatic rings. The number of furan rings is 1. The lowest BCUT2D eigenvalue weighted by atomic mass is 10.2. The number of benzene rings is 1. The Morgan fingerprint density at radius 2 is 2.11 bits per heavy atom. The summed E-state index contributed by atoms with van der Waals surface area (Å²) in [6, 6.07) is 11.5. The standard InChI is InChI=1S/C15H14N2O2/c1-18-12-2-3-14-11(7-12)8-15(19-14)13-6-10(9-16)4-5-17-13/h2-8H,9,16H2,1H3. The van der Waals surface area contributed by atoms with Gasteiger partial charge in [-0.25, -0.2) is 0 Å². The van der Waals surface area contributed by atoms with E-state index in [-0.39, 0.29) is 0 Å². The summed E-state index contributed by atoms with van der Waals surface area (Å²) in [5.41, 5.74) is 8.27. The highest BCUT2D eigenvalue weighted by molar-refractivity contribution is 5.83. The smallest absolute Gasteiger partial charge is 0.153 e. The zero-order chi connectivity index (χ0) is 13.2. The van der Waals surface area contributed by atoms with E-state index < -0.39 is 0 Å². The van der Waals surface area contributed by atoms with E-state index >= 15 is 0 Å². The number of pyridine rings is 1. The fourth-order valence-electron chi connectivity index (χ4n) is 2.01. The summed E-state index contributed by atoms with van der Waals surface area (Å²) in [5, 5.41) is 0.995. The molecule has 0 saturated carbocycles. The quantitative estimate of drug-likeness (QED) is 0.780. The van der Waals surface area contributed by atoms with Crippen LogP contribution in [0.25, 0.3) is 22.4 Å². The van der Waals surface area contributed by atoms with Gasteiger partial charge in [0, 0.05) is 18.1 Å². The molecule has 2 N–H and O–H groups in total. The molecule has 19 heavy (non-hydrogen) atoms. The summed E-state index contributed by atoms with van der Waals surface area (Å²) in [7, 11) is 1.65. The third-order valence-electron chi connectivity index (χ3n) is 3.04. The Kier molecular flexibility index (Phi) is 2.93. The molecule has 2 heterocycles. The first kappa shape index (κ1) is 11.7. The number of ether oxygens (including phenoxy) is 1. The van der Waals surface area contributed by atoms with Crippen LogP contribution in [0.3, 0.4) is 0 Å². The summed E-state index contributed by atoms with van der Waals surface area (Å²) in [4.78, 5) is 4.31. The van der Waals surface area contributed by atoms with Crippen molar-refractivity contribution in [2.45, 2.75) is 6.54 Å². The van der Waals surface area contributed by atoms with E-state index in [2.05, 4.69) is 4.98 Å². The fourth-order valence-corrected chi connectivity index (χ4v) is 2.01. The van der Waals surface area contributed by atoms with Crippen LogP contribution in [-0.2, 0) is 6.54 Å². The molecule has 3 rings (SSSR count). The van der Waals surface area contributed by atoms with Crippen molar-refractivity contribution in [2.75, 3.05) is 7.11 Å². The Morgan fingerprint density at radius 1 is 1.21 bits per heavy atom. The predicted molar refractivity (Wildman–Crippen MR) is 73.9 cm³/mol. The van der Waals surface area contributed by atoms with E-state index in [9.17, 15) is 0 Å². The molecular weight excluding hydrogens is 240 g/mol. The van der Waals surface area contributed by atoms with Crippen molar-refractivity contribution in [3.8, 4) is 17.2 Å². The number of hydrogen-bond donors (Lipinski definition) is 1. The average molecular weight is 254 g/mol. The van der Waals surface area contributed by atoms with Crippen molar-refractivity contribution in [2.24, 2.45) is 5.73 Å². The number of methoxy groups -OCH3 is 1. The summed E-state index contributed by atoms with van der Waals surface area (Å²) in [6.45, 7) is 0.490. The van der Waals surface area contributed by atoms with Crippen LogP contribution in [0.15, 0.2) is 47.0 Å². The normalized spacial score (nSPS) is 10.8. The maximum absolute atomic E-state index is 5.79. The van der Waals surface area contributed by atoms with Gasteiger partial charge in [-0.2, -0.15) is 0 Å². The molecule has 1 aromatic carbocycles. The largest absolute Gasteiger partial charge is 0.497 e. The highest BCUT2D eigenvalue weighted by Crippen LogP contribution is 2.29. The Morgan fingerprint density at radius 3 is 2.89 bits per heavy atom. The Balaban J connectivity index is 2.09. The first-order valence-electron chi connectivity index (χ1n) is 6.03. The number of rotatable bonds is 3. The third kappa shape index (κ3) is 2.18. The summed E-state index contributed by atoms with van der Waals surface area (Å²) < 4.78 is 11.0. The van der Waals surface area contributed by atoms with Crippen molar-refractivity contribution in [1.82, 2.24) is 4.98 Å². The van der Waals surface area contributed by atoms with E-state index in [4.69, 9.17) is 14.9 Å². The minimum atomic E-state index is 0.490. The lowest BCUT2D eigenvalue weighted by Crippen LogP contribution is -1.96. The lowest BCUT2D eigenvalue weighted by molar-refractivity contribution is 0.415. The molecule has 0 saturated heterocycles. The van der Waals surface area contributed by atoms with Gasteiger partial charge in [-0.1, -0.05) is 0 Å². The van der Waals surface area contributed by atoms with E-state index in [1.54, 1.807) is 13.3 Å². The first-order chi connectivity index (χ1) is 9.30. The zero-order valence-corrected chi connectivity index (χ0v) is 10.6. The van der Waals surface area contributed by atoms with E-state index in [0.29, 0.717) is 6.54 Å². The molecule has 0 aliphatic rings. The number of hydrogen-bond acceptors (Lipinski definition) is 4. The maximum Gasteiger partial charge on any atom is 0.153 e. The van der Waals surface area contributed by atoms with Crippen molar-refractivity contribution in [1.29, 1.82) is 0 Å². The summed E-state index contributed by atoms with van der Waals surface area (Å²) in [6.07, 6.45) is 1.74. The molecule has 0 bridgehead atoms. The van der Waals surface area contributed by atoms with Gasteiger partial charge >= 0.3 is 0 Å². The summed E-state index contributed by atoms with van der Waals surface area (Å²) in [5.74, 6) is 1.54. The molecule has 2 aromatic heterocycles. The lowest BCUT2D eigenvalue weighted by Gasteiger charge is -1.98. The Bertz CT molecular complexity index is 719. The number of fused-ring (bicyclic) bond motifs is 1. The number of nitrogens with zero attached hydrogens (tertiary/aromatic N) is 1. The van der Waals surface area contributed by atoms with E-state index in [1.165, 1.54) is 0 Å². The van der Waals surface area contributed by atoms with Crippen LogP contribution in [0.1, 0.15) is 5.56 Å². The minimum absolute atomic E-state index is 0.490. The molecule has 0 atom stereocenters. The van der Waals surface area contributed by atoms with Gasteiger partial charge in [0.05, 0.1) is 7.11 Å².